The molecule has 0 saturated carbocycles. The SMILES string of the molecule is Cc1cc(C)c(C)c(C2(C)C=Cc3c(CC(C)C)cncc3N2C)c1. The highest BCUT2D eigenvalue weighted by Gasteiger charge is 2.35. The highest BCUT2D eigenvalue weighted by Crippen LogP contribution is 2.42. The molecule has 1 aliphatic heterocycles. The summed E-state index contributed by atoms with van der Waals surface area (Å²) in [5, 5.41) is 0. The van der Waals surface area contributed by atoms with Gasteiger partial charge in [0.2, 0.25) is 0 Å². The van der Waals surface area contributed by atoms with Crippen LogP contribution in [0.15, 0.2) is 30.6 Å². The van der Waals surface area contributed by atoms with E-state index in [2.05, 4.69) is 82.8 Å². The first-order valence-corrected chi connectivity index (χ1v) is 9.22. The average Bonchev–Trinajstić information content (AvgIpc) is 2.54. The standard InChI is InChI=1S/C23H30N2/c1-15(2)10-19-13-24-14-22-20(19)8-9-23(6,25(22)7)21-12-16(3)11-17(4)18(21)5/h8-9,11-15H,10H2,1-7H3. The number of anilines is 1. The summed E-state index contributed by atoms with van der Waals surface area (Å²) in [5.41, 5.74) is 9.16. The van der Waals surface area contributed by atoms with Gasteiger partial charge in [-0.2, -0.15) is 0 Å². The summed E-state index contributed by atoms with van der Waals surface area (Å²) in [7, 11) is 2.19. The Morgan fingerprint density at radius 3 is 2.52 bits per heavy atom. The van der Waals surface area contributed by atoms with Gasteiger partial charge >= 0.3 is 0 Å². The van der Waals surface area contributed by atoms with Crippen LogP contribution < -0.4 is 4.90 Å². The molecule has 0 radical (unpaired) electrons. The number of benzene rings is 1. The van der Waals surface area contributed by atoms with E-state index in [1.807, 2.05) is 12.4 Å². The lowest BCUT2D eigenvalue weighted by molar-refractivity contribution is 0.570. The quantitative estimate of drug-likeness (QED) is 0.728. The maximum absolute atomic E-state index is 4.54. The lowest BCUT2D eigenvalue weighted by atomic mass is 9.81. The lowest BCUT2D eigenvalue weighted by Gasteiger charge is -2.43. The van der Waals surface area contributed by atoms with Gasteiger partial charge in [0.1, 0.15) is 0 Å². The molecule has 1 atom stereocenters. The first kappa shape index (κ1) is 17.7. The molecule has 2 nitrogen and oxygen atoms in total. The molecule has 1 aromatic carbocycles. The molecule has 0 N–H and O–H groups in total. The van der Waals surface area contributed by atoms with Gasteiger partial charge in [-0.15, -0.1) is 0 Å². The predicted molar refractivity (Wildman–Crippen MR) is 108 cm³/mol. The number of fused-ring (bicyclic) bond motifs is 1. The van der Waals surface area contributed by atoms with Crippen LogP contribution >= 0.6 is 0 Å². The average molecular weight is 335 g/mol. The van der Waals surface area contributed by atoms with Crippen LogP contribution in [0.2, 0.25) is 0 Å². The minimum Gasteiger partial charge on any atom is -0.360 e. The van der Waals surface area contributed by atoms with E-state index < -0.39 is 0 Å². The summed E-state index contributed by atoms with van der Waals surface area (Å²) in [6.07, 6.45) is 9.78. The van der Waals surface area contributed by atoms with Crippen molar-refractivity contribution >= 4 is 11.8 Å². The van der Waals surface area contributed by atoms with Gasteiger partial charge in [0.15, 0.2) is 0 Å². The van der Waals surface area contributed by atoms with Gasteiger partial charge in [-0.05, 0) is 62.3 Å². The summed E-state index contributed by atoms with van der Waals surface area (Å²) in [4.78, 5) is 6.93. The minimum absolute atomic E-state index is 0.161. The zero-order valence-corrected chi connectivity index (χ0v) is 16.6. The summed E-state index contributed by atoms with van der Waals surface area (Å²) >= 11 is 0. The van der Waals surface area contributed by atoms with Crippen molar-refractivity contribution in [2.45, 2.75) is 53.5 Å². The summed E-state index contributed by atoms with van der Waals surface area (Å²) in [6, 6.07) is 4.60. The molecule has 0 amide bonds. The van der Waals surface area contributed by atoms with Crippen LogP contribution in [0, 0.1) is 26.7 Å². The van der Waals surface area contributed by atoms with Gasteiger partial charge in [-0.3, -0.25) is 4.98 Å². The third-order valence-electron chi connectivity index (χ3n) is 5.67. The number of hydrogen-bond donors (Lipinski definition) is 0. The second-order valence-corrected chi connectivity index (χ2v) is 8.12. The molecule has 1 aromatic heterocycles. The topological polar surface area (TPSA) is 16.1 Å². The molecular weight excluding hydrogens is 304 g/mol. The predicted octanol–water partition coefficient (Wildman–Crippen LogP) is 5.58. The van der Waals surface area contributed by atoms with Crippen molar-refractivity contribution in [1.82, 2.24) is 4.98 Å². The highest BCUT2D eigenvalue weighted by molar-refractivity contribution is 5.76. The molecule has 2 heterocycles. The number of rotatable bonds is 3. The zero-order valence-electron chi connectivity index (χ0n) is 16.6. The Morgan fingerprint density at radius 2 is 1.84 bits per heavy atom. The Bertz CT molecular complexity index is 832. The summed E-state index contributed by atoms with van der Waals surface area (Å²) < 4.78 is 0. The Hall–Kier alpha value is -2.09. The van der Waals surface area contributed by atoms with Crippen LogP contribution in [0.4, 0.5) is 5.69 Å². The van der Waals surface area contributed by atoms with Crippen LogP contribution in [0.3, 0.4) is 0 Å². The largest absolute Gasteiger partial charge is 0.360 e. The Morgan fingerprint density at radius 1 is 1.12 bits per heavy atom. The smallest absolute Gasteiger partial charge is 0.0812 e. The number of aromatic nitrogens is 1. The Kier molecular flexibility index (Phi) is 4.49. The van der Waals surface area contributed by atoms with Gasteiger partial charge in [0.25, 0.3) is 0 Å². The van der Waals surface area contributed by atoms with Crippen LogP contribution in [0.5, 0.6) is 0 Å². The van der Waals surface area contributed by atoms with Crippen molar-refractivity contribution in [2.24, 2.45) is 5.92 Å². The summed E-state index contributed by atoms with van der Waals surface area (Å²) in [5.74, 6) is 0.627. The number of nitrogens with zero attached hydrogens (tertiary/aromatic N) is 2. The van der Waals surface area contributed by atoms with E-state index in [0.29, 0.717) is 5.92 Å². The highest BCUT2D eigenvalue weighted by atomic mass is 15.2. The van der Waals surface area contributed by atoms with E-state index in [-0.39, 0.29) is 5.54 Å². The van der Waals surface area contributed by atoms with E-state index in [0.717, 1.165) is 6.42 Å². The monoisotopic (exact) mass is 334 g/mol. The Labute approximate surface area is 152 Å². The van der Waals surface area contributed by atoms with Crippen molar-refractivity contribution in [2.75, 3.05) is 11.9 Å². The lowest BCUT2D eigenvalue weighted by Crippen LogP contribution is -2.42. The molecular formula is C23H30N2. The van der Waals surface area contributed by atoms with Crippen molar-refractivity contribution < 1.29 is 0 Å². The van der Waals surface area contributed by atoms with E-state index in [1.54, 1.807) is 0 Å². The number of hydrogen-bond acceptors (Lipinski definition) is 2. The molecule has 0 spiro atoms. The number of likely N-dealkylation sites (N-methyl/N-ethyl adjacent to an activating group) is 1. The normalized spacial score (nSPS) is 19.4. The molecule has 0 saturated heterocycles. The third kappa shape index (κ3) is 2.99. The minimum atomic E-state index is -0.161. The van der Waals surface area contributed by atoms with Crippen LogP contribution in [0.1, 0.15) is 54.2 Å². The first-order valence-electron chi connectivity index (χ1n) is 9.22. The maximum Gasteiger partial charge on any atom is 0.0812 e. The van der Waals surface area contributed by atoms with Crippen LogP contribution in [-0.2, 0) is 12.0 Å². The fourth-order valence-electron chi connectivity index (χ4n) is 4.01. The fraction of sp³-hybridized carbons (Fsp3) is 0.435. The first-order chi connectivity index (χ1) is 11.7. The molecule has 0 bridgehead atoms. The fourth-order valence-corrected chi connectivity index (χ4v) is 4.01. The second kappa shape index (κ2) is 6.33. The maximum atomic E-state index is 4.54. The van der Waals surface area contributed by atoms with Gasteiger partial charge < -0.3 is 4.90 Å². The van der Waals surface area contributed by atoms with Gasteiger partial charge in [0.05, 0.1) is 17.4 Å². The molecule has 1 unspecified atom stereocenters. The van der Waals surface area contributed by atoms with Crippen LogP contribution in [-0.4, -0.2) is 12.0 Å². The molecule has 25 heavy (non-hydrogen) atoms. The molecule has 0 aliphatic carbocycles. The van der Waals surface area contributed by atoms with Crippen molar-refractivity contribution in [1.29, 1.82) is 0 Å². The number of pyridine rings is 1. The Balaban J connectivity index is 2.14. The molecule has 2 aromatic rings. The van der Waals surface area contributed by atoms with E-state index in [9.17, 15) is 0 Å². The second-order valence-electron chi connectivity index (χ2n) is 8.12. The zero-order chi connectivity index (χ0) is 18.4. The summed E-state index contributed by atoms with van der Waals surface area (Å²) in [6.45, 7) is 13.5. The van der Waals surface area contributed by atoms with Gasteiger partial charge in [0, 0.05) is 18.8 Å². The van der Waals surface area contributed by atoms with Crippen LogP contribution in [0.25, 0.3) is 6.08 Å². The molecule has 1 aliphatic rings. The van der Waals surface area contributed by atoms with E-state index >= 15 is 0 Å². The van der Waals surface area contributed by atoms with Gasteiger partial charge in [-0.25, -0.2) is 0 Å². The van der Waals surface area contributed by atoms with Crippen molar-refractivity contribution in [3.05, 3.63) is 64.0 Å². The molecule has 2 heteroatoms. The van der Waals surface area contributed by atoms with Crippen molar-refractivity contribution in [3.63, 3.8) is 0 Å². The molecule has 3 rings (SSSR count). The van der Waals surface area contributed by atoms with Gasteiger partial charge in [-0.1, -0.05) is 43.7 Å². The molecule has 132 valence electrons. The number of aryl methyl sites for hydroxylation is 2. The van der Waals surface area contributed by atoms with E-state index in [4.69, 9.17) is 0 Å². The third-order valence-corrected chi connectivity index (χ3v) is 5.67. The van der Waals surface area contributed by atoms with E-state index in [1.165, 1.54) is 39.1 Å². The molecule has 0 fully saturated rings. The van der Waals surface area contributed by atoms with Crippen molar-refractivity contribution in [3.8, 4) is 0 Å².